The number of hydrogen-bond acceptors (Lipinski definition) is 3. The Labute approximate surface area is 123 Å². The number of pyridine rings is 1. The van der Waals surface area contributed by atoms with E-state index < -0.39 is 11.7 Å². The van der Waals surface area contributed by atoms with Crippen LogP contribution in [0.25, 0.3) is 0 Å². The number of alkyl halides is 2. The van der Waals surface area contributed by atoms with Crippen LogP contribution in [0.5, 0.6) is 0 Å². The van der Waals surface area contributed by atoms with E-state index in [1.54, 1.807) is 24.3 Å². The van der Waals surface area contributed by atoms with E-state index in [4.69, 9.17) is 11.6 Å². The molecule has 0 saturated heterocycles. The summed E-state index contributed by atoms with van der Waals surface area (Å²) in [5.74, 6) is -3.13. The quantitative estimate of drug-likeness (QED) is 0.855. The average molecular weight is 315 g/mol. The van der Waals surface area contributed by atoms with Crippen molar-refractivity contribution in [2.24, 2.45) is 0 Å². The van der Waals surface area contributed by atoms with Gasteiger partial charge in [0.25, 0.3) is 11.7 Å². The van der Waals surface area contributed by atoms with Gasteiger partial charge in [0.05, 0.1) is 5.56 Å². The molecule has 1 aromatic heterocycles. The number of rotatable bonds is 4. The minimum atomic E-state index is -2.63. The number of anilines is 1. The molecule has 1 N–H and O–H groups in total. The van der Waals surface area contributed by atoms with Crippen LogP contribution >= 0.6 is 23.4 Å². The topological polar surface area (TPSA) is 42.0 Å². The fourth-order valence-electron chi connectivity index (χ4n) is 1.47. The Balaban J connectivity index is 2.18. The predicted octanol–water partition coefficient (Wildman–Crippen LogP) is 4.30. The Kier molecular flexibility index (Phi) is 4.92. The molecule has 0 radical (unpaired) electrons. The van der Waals surface area contributed by atoms with Crippen LogP contribution in [0.1, 0.15) is 10.4 Å². The second-order valence-electron chi connectivity index (χ2n) is 3.70. The summed E-state index contributed by atoms with van der Waals surface area (Å²) in [5.41, 5.74) is 0.629. The standard InChI is InChI=1S/C13H9ClF2N2OS/c14-8-3-5-9(6-4-8)18-11(19)10-2-1-7-17-12(10)20-13(15)16/h1-7,13H,(H,18,19). The van der Waals surface area contributed by atoms with Crippen molar-refractivity contribution in [3.05, 3.63) is 53.2 Å². The first-order valence-electron chi connectivity index (χ1n) is 5.53. The number of thioether (sulfide) groups is 1. The van der Waals surface area contributed by atoms with Gasteiger partial charge >= 0.3 is 0 Å². The first kappa shape index (κ1) is 14.7. The maximum atomic E-state index is 12.4. The van der Waals surface area contributed by atoms with Crippen molar-refractivity contribution in [3.8, 4) is 0 Å². The van der Waals surface area contributed by atoms with E-state index in [1.807, 2.05) is 0 Å². The molecule has 0 bridgehead atoms. The van der Waals surface area contributed by atoms with Crippen LogP contribution in [0.3, 0.4) is 0 Å². The Morgan fingerprint density at radius 3 is 2.60 bits per heavy atom. The van der Waals surface area contributed by atoms with Crippen molar-refractivity contribution >= 4 is 35.0 Å². The van der Waals surface area contributed by atoms with Gasteiger partial charge in [-0.25, -0.2) is 4.98 Å². The molecule has 2 aromatic rings. The van der Waals surface area contributed by atoms with E-state index in [9.17, 15) is 13.6 Å². The largest absolute Gasteiger partial charge is 0.322 e. The van der Waals surface area contributed by atoms with Gasteiger partial charge in [0.2, 0.25) is 0 Å². The summed E-state index contributed by atoms with van der Waals surface area (Å²) in [6.07, 6.45) is 1.36. The van der Waals surface area contributed by atoms with E-state index in [0.29, 0.717) is 10.7 Å². The molecule has 3 nitrogen and oxygen atoms in total. The molecule has 104 valence electrons. The molecule has 1 aromatic carbocycles. The van der Waals surface area contributed by atoms with Crippen LogP contribution in [0.15, 0.2) is 47.6 Å². The minimum Gasteiger partial charge on any atom is -0.322 e. The molecule has 7 heteroatoms. The number of benzene rings is 1. The monoisotopic (exact) mass is 314 g/mol. The molecule has 0 aliphatic rings. The van der Waals surface area contributed by atoms with E-state index >= 15 is 0 Å². The molecule has 0 aliphatic carbocycles. The summed E-state index contributed by atoms with van der Waals surface area (Å²) in [6.45, 7) is 0. The van der Waals surface area contributed by atoms with Gasteiger partial charge < -0.3 is 5.32 Å². The molecule has 0 unspecified atom stereocenters. The zero-order valence-electron chi connectivity index (χ0n) is 10.0. The van der Waals surface area contributed by atoms with Crippen LogP contribution in [0, 0.1) is 0 Å². The molecule has 1 heterocycles. The smallest absolute Gasteiger partial charge is 0.290 e. The van der Waals surface area contributed by atoms with E-state index in [-0.39, 0.29) is 22.4 Å². The normalized spacial score (nSPS) is 10.6. The summed E-state index contributed by atoms with van der Waals surface area (Å²) < 4.78 is 24.8. The third-order valence-electron chi connectivity index (χ3n) is 2.32. The lowest BCUT2D eigenvalue weighted by Gasteiger charge is -2.08. The van der Waals surface area contributed by atoms with Gasteiger partial charge in [0.15, 0.2) is 0 Å². The fraction of sp³-hybridized carbons (Fsp3) is 0.0769. The number of nitrogens with zero attached hydrogens (tertiary/aromatic N) is 1. The summed E-state index contributed by atoms with van der Waals surface area (Å²) in [7, 11) is 0. The SMILES string of the molecule is O=C(Nc1ccc(Cl)cc1)c1cccnc1SC(F)F. The highest BCUT2D eigenvalue weighted by Crippen LogP contribution is 2.26. The van der Waals surface area contributed by atoms with Gasteiger partial charge in [0, 0.05) is 16.9 Å². The van der Waals surface area contributed by atoms with E-state index in [1.165, 1.54) is 18.3 Å². The summed E-state index contributed by atoms with van der Waals surface area (Å²) >= 11 is 5.98. The van der Waals surface area contributed by atoms with Crippen molar-refractivity contribution in [2.75, 3.05) is 5.32 Å². The van der Waals surface area contributed by atoms with Crippen molar-refractivity contribution in [1.29, 1.82) is 0 Å². The number of halogens is 3. The highest BCUT2D eigenvalue weighted by Gasteiger charge is 2.16. The molecule has 0 spiro atoms. The molecule has 0 atom stereocenters. The van der Waals surface area contributed by atoms with Crippen molar-refractivity contribution in [1.82, 2.24) is 4.98 Å². The first-order chi connectivity index (χ1) is 9.56. The van der Waals surface area contributed by atoms with Gasteiger partial charge in [-0.2, -0.15) is 8.78 Å². The highest BCUT2D eigenvalue weighted by molar-refractivity contribution is 7.99. The number of carbonyl (C=O) groups is 1. The third-order valence-corrected chi connectivity index (χ3v) is 3.30. The number of hydrogen-bond donors (Lipinski definition) is 1. The van der Waals surface area contributed by atoms with Gasteiger partial charge in [-0.1, -0.05) is 11.6 Å². The van der Waals surface area contributed by atoms with Crippen molar-refractivity contribution < 1.29 is 13.6 Å². The van der Waals surface area contributed by atoms with Crippen molar-refractivity contribution in [2.45, 2.75) is 10.8 Å². The van der Waals surface area contributed by atoms with Gasteiger partial charge in [-0.05, 0) is 48.2 Å². The van der Waals surface area contributed by atoms with Crippen molar-refractivity contribution in [3.63, 3.8) is 0 Å². The summed E-state index contributed by atoms with van der Waals surface area (Å²) in [4.78, 5) is 15.9. The zero-order chi connectivity index (χ0) is 14.5. The minimum absolute atomic E-state index is 0.00559. The van der Waals surface area contributed by atoms with Gasteiger partial charge in [-0.15, -0.1) is 0 Å². The van der Waals surface area contributed by atoms with Crippen LogP contribution in [-0.4, -0.2) is 16.6 Å². The third kappa shape index (κ3) is 3.91. The number of nitrogens with one attached hydrogen (secondary N) is 1. The van der Waals surface area contributed by atoms with Crippen LogP contribution in [0.2, 0.25) is 5.02 Å². The maximum Gasteiger partial charge on any atom is 0.290 e. The molecule has 2 rings (SSSR count). The molecule has 1 amide bonds. The van der Waals surface area contributed by atoms with E-state index in [0.717, 1.165) is 0 Å². The Morgan fingerprint density at radius 1 is 1.25 bits per heavy atom. The lowest BCUT2D eigenvalue weighted by molar-refractivity contribution is 0.102. The maximum absolute atomic E-state index is 12.4. The Morgan fingerprint density at radius 2 is 1.95 bits per heavy atom. The summed E-state index contributed by atoms with van der Waals surface area (Å²) in [6, 6.07) is 9.45. The van der Waals surface area contributed by atoms with Crippen LogP contribution in [0.4, 0.5) is 14.5 Å². The second kappa shape index (κ2) is 6.67. The predicted molar refractivity (Wildman–Crippen MR) is 75.5 cm³/mol. The molecule has 20 heavy (non-hydrogen) atoms. The highest BCUT2D eigenvalue weighted by atomic mass is 35.5. The van der Waals surface area contributed by atoms with Crippen LogP contribution < -0.4 is 5.32 Å². The number of amides is 1. The molecular formula is C13H9ClF2N2OS. The Hall–Kier alpha value is -1.66. The summed E-state index contributed by atoms with van der Waals surface area (Å²) in [5, 5.41) is 3.14. The second-order valence-corrected chi connectivity index (χ2v) is 5.11. The average Bonchev–Trinajstić information content (AvgIpc) is 2.41. The molecule has 0 fully saturated rings. The van der Waals surface area contributed by atoms with E-state index in [2.05, 4.69) is 10.3 Å². The molecule has 0 saturated carbocycles. The van der Waals surface area contributed by atoms with Gasteiger partial charge in [0.1, 0.15) is 5.03 Å². The van der Waals surface area contributed by atoms with Crippen LogP contribution in [-0.2, 0) is 0 Å². The number of aromatic nitrogens is 1. The first-order valence-corrected chi connectivity index (χ1v) is 6.79. The molecular weight excluding hydrogens is 306 g/mol. The number of carbonyl (C=O) groups excluding carboxylic acids is 1. The lowest BCUT2D eigenvalue weighted by Crippen LogP contribution is -2.13. The zero-order valence-corrected chi connectivity index (χ0v) is 11.6. The Bertz CT molecular complexity index is 608. The lowest BCUT2D eigenvalue weighted by atomic mass is 10.2. The molecule has 0 aliphatic heterocycles. The van der Waals surface area contributed by atoms with Gasteiger partial charge in [-0.3, -0.25) is 4.79 Å². The fourth-order valence-corrected chi connectivity index (χ4v) is 2.18.